The predicted molar refractivity (Wildman–Crippen MR) is 178 cm³/mol. The fraction of sp³-hybridized carbons (Fsp3) is 0.375. The van der Waals surface area contributed by atoms with Crippen LogP contribution in [0.4, 0.5) is 18.9 Å². The number of pyridine rings is 1. The van der Waals surface area contributed by atoms with Crippen molar-refractivity contribution in [3.8, 4) is 16.9 Å². The number of nitrogens with one attached hydrogen (secondary N) is 3. The van der Waals surface area contributed by atoms with Gasteiger partial charge in [0.15, 0.2) is 5.82 Å². The van der Waals surface area contributed by atoms with Crippen LogP contribution in [-0.2, 0) is 14.9 Å². The maximum absolute atomic E-state index is 15.5. The highest BCUT2D eigenvalue weighted by Gasteiger charge is 2.33. The number of nitrogens with zero attached hydrogens (tertiary/aromatic N) is 3. The zero-order valence-corrected chi connectivity index (χ0v) is 27.5. The minimum atomic E-state index is -4.33. The summed E-state index contributed by atoms with van der Waals surface area (Å²) in [6, 6.07) is 10.6. The molecule has 4 heterocycles. The number of aromatic nitrogens is 2. The third kappa shape index (κ3) is 8.10. The van der Waals surface area contributed by atoms with Gasteiger partial charge in [0.25, 0.3) is 0 Å². The summed E-state index contributed by atoms with van der Waals surface area (Å²) in [6.45, 7) is 5.99. The molecule has 2 aromatic carbocycles. The lowest BCUT2D eigenvalue weighted by Gasteiger charge is -2.26. The van der Waals surface area contributed by atoms with E-state index in [1.165, 1.54) is 6.20 Å². The summed E-state index contributed by atoms with van der Waals surface area (Å²) >= 11 is 0. The van der Waals surface area contributed by atoms with Crippen LogP contribution in [0.3, 0.4) is 0 Å². The molecule has 0 unspecified atom stereocenters. The molecule has 0 spiro atoms. The number of carbonyl (C=O) groups excluding carboxylic acids is 1. The molecule has 258 valence electrons. The number of alkyl halides is 1. The summed E-state index contributed by atoms with van der Waals surface area (Å²) in [4.78, 5) is 23.1. The van der Waals surface area contributed by atoms with E-state index in [4.69, 9.17) is 9.47 Å². The van der Waals surface area contributed by atoms with Gasteiger partial charge in [-0.1, -0.05) is 12.1 Å². The first kappa shape index (κ1) is 35.6. The van der Waals surface area contributed by atoms with E-state index in [2.05, 4.69) is 20.2 Å². The summed E-state index contributed by atoms with van der Waals surface area (Å²) < 4.78 is 83.8. The van der Waals surface area contributed by atoms with E-state index in [0.29, 0.717) is 42.2 Å². The molecule has 6 rings (SSSR count). The number of H-pyrrole nitrogens is 1. The lowest BCUT2D eigenvalue weighted by molar-refractivity contribution is 0.0767. The Morgan fingerprint density at radius 1 is 1.02 bits per heavy atom. The minimum absolute atomic E-state index is 0. The molecule has 48 heavy (non-hydrogen) atoms. The third-order valence-corrected chi connectivity index (χ3v) is 9.70. The van der Waals surface area contributed by atoms with Gasteiger partial charge < -0.3 is 19.8 Å². The fourth-order valence-corrected chi connectivity index (χ4v) is 6.89. The Kier molecular flexibility index (Phi) is 11.6. The molecule has 2 saturated heterocycles. The number of hydrogen-bond donors (Lipinski definition) is 3. The molecule has 0 radical (unpaired) electrons. The van der Waals surface area contributed by atoms with Gasteiger partial charge in [0, 0.05) is 74.7 Å². The molecule has 2 aliphatic rings. The fourth-order valence-electron chi connectivity index (χ4n) is 5.63. The van der Waals surface area contributed by atoms with Crippen LogP contribution in [0.25, 0.3) is 22.2 Å². The number of ether oxygens (including phenoxy) is 2. The molecule has 0 amide bonds. The topological polar surface area (TPSA) is 129 Å². The van der Waals surface area contributed by atoms with Gasteiger partial charge in [0.05, 0.1) is 24.5 Å². The lowest BCUT2D eigenvalue weighted by atomic mass is 10.00. The molecule has 11 nitrogen and oxygen atoms in total. The van der Waals surface area contributed by atoms with Gasteiger partial charge in [-0.05, 0) is 42.3 Å². The van der Waals surface area contributed by atoms with Gasteiger partial charge in [-0.15, -0.1) is 12.4 Å². The van der Waals surface area contributed by atoms with E-state index in [1.807, 2.05) is 16.9 Å². The van der Waals surface area contributed by atoms with E-state index >= 15 is 4.39 Å². The molecular weight excluding hydrogens is 673 g/mol. The van der Waals surface area contributed by atoms with Crippen molar-refractivity contribution >= 4 is 45.1 Å². The number of benzene rings is 2. The van der Waals surface area contributed by atoms with Crippen molar-refractivity contribution in [1.29, 1.82) is 0 Å². The van der Waals surface area contributed by atoms with E-state index in [-0.39, 0.29) is 37.5 Å². The SMILES string of the molecule is Cl.O=C(c1c(F)ccc(NS(=O)(=O)N2CC[C@@H](F)C2)c1F)c1c[nH]c2ncc(-c3ccc(OCCOCCN4CCNCC4)cc3)cc12. The number of aromatic amines is 1. The number of halogens is 4. The molecule has 1 atom stereocenters. The zero-order valence-electron chi connectivity index (χ0n) is 25.9. The molecule has 4 aromatic rings. The highest BCUT2D eigenvalue weighted by Crippen LogP contribution is 2.31. The van der Waals surface area contributed by atoms with Crippen LogP contribution >= 0.6 is 12.4 Å². The zero-order chi connectivity index (χ0) is 33.0. The van der Waals surface area contributed by atoms with Crippen LogP contribution in [0.1, 0.15) is 22.3 Å². The number of carbonyl (C=O) groups is 1. The molecule has 2 aliphatic heterocycles. The van der Waals surface area contributed by atoms with Crippen molar-refractivity contribution in [2.45, 2.75) is 12.6 Å². The summed E-state index contributed by atoms with van der Waals surface area (Å²) in [5.41, 5.74) is 0.124. The van der Waals surface area contributed by atoms with Crippen molar-refractivity contribution in [2.24, 2.45) is 0 Å². The maximum Gasteiger partial charge on any atom is 0.301 e. The first-order valence-electron chi connectivity index (χ1n) is 15.4. The van der Waals surface area contributed by atoms with Crippen LogP contribution in [0.2, 0.25) is 0 Å². The van der Waals surface area contributed by atoms with E-state index in [0.717, 1.165) is 54.7 Å². The van der Waals surface area contributed by atoms with Gasteiger partial charge in [-0.3, -0.25) is 14.4 Å². The number of anilines is 1. The van der Waals surface area contributed by atoms with Gasteiger partial charge in [-0.2, -0.15) is 12.7 Å². The molecule has 3 N–H and O–H groups in total. The standard InChI is InChI=1S/C32H35F3N6O5S.ClH/c33-23-7-10-41(20-23)47(43,44)39-28-6-5-27(34)29(30(28)35)31(42)26-19-38-32-25(26)17-22(18-37-32)21-1-3-24(4-2-21)46-16-15-45-14-13-40-11-8-36-9-12-40;/h1-6,17-19,23,36,39H,7-16,20H2,(H,37,38);1H/t23-;/m1./s1. The van der Waals surface area contributed by atoms with Crippen molar-refractivity contribution in [1.82, 2.24) is 24.5 Å². The largest absolute Gasteiger partial charge is 0.491 e. The smallest absolute Gasteiger partial charge is 0.301 e. The number of ketones is 1. The second kappa shape index (κ2) is 15.7. The van der Waals surface area contributed by atoms with Gasteiger partial charge >= 0.3 is 10.2 Å². The van der Waals surface area contributed by atoms with E-state index in [9.17, 15) is 22.0 Å². The lowest BCUT2D eigenvalue weighted by Crippen LogP contribution is -2.44. The molecule has 0 aliphatic carbocycles. The highest BCUT2D eigenvalue weighted by atomic mass is 35.5. The van der Waals surface area contributed by atoms with Crippen LogP contribution in [0.5, 0.6) is 5.75 Å². The van der Waals surface area contributed by atoms with Gasteiger partial charge in [-0.25, -0.2) is 18.2 Å². The average Bonchev–Trinajstić information content (AvgIpc) is 3.71. The molecule has 16 heteroatoms. The Bertz CT molecular complexity index is 1840. The number of rotatable bonds is 13. The number of piperazine rings is 1. The number of hydrogen-bond acceptors (Lipinski definition) is 8. The van der Waals surface area contributed by atoms with E-state index < -0.39 is 45.0 Å². The van der Waals surface area contributed by atoms with Crippen LogP contribution in [-0.4, -0.2) is 105 Å². The minimum Gasteiger partial charge on any atom is -0.491 e. The van der Waals surface area contributed by atoms with Crippen molar-refractivity contribution < 1.29 is 35.9 Å². The summed E-state index contributed by atoms with van der Waals surface area (Å²) in [7, 11) is -4.33. The van der Waals surface area contributed by atoms with Crippen LogP contribution in [0.15, 0.2) is 54.9 Å². The van der Waals surface area contributed by atoms with E-state index in [1.54, 1.807) is 24.4 Å². The Hall–Kier alpha value is -3.73. The van der Waals surface area contributed by atoms with Crippen molar-refractivity contribution in [2.75, 3.05) is 70.4 Å². The summed E-state index contributed by atoms with van der Waals surface area (Å²) in [5, 5.41) is 3.65. The van der Waals surface area contributed by atoms with Crippen molar-refractivity contribution in [3.05, 3.63) is 77.6 Å². The number of fused-ring (bicyclic) bond motifs is 1. The second-order valence-corrected chi connectivity index (χ2v) is 13.0. The normalized spacial score (nSPS) is 17.4. The molecule has 0 saturated carbocycles. The summed E-state index contributed by atoms with van der Waals surface area (Å²) in [5.74, 6) is -2.90. The van der Waals surface area contributed by atoms with Crippen LogP contribution in [0, 0.1) is 11.6 Å². The highest BCUT2D eigenvalue weighted by molar-refractivity contribution is 7.90. The Balaban J connectivity index is 0.00000451. The van der Waals surface area contributed by atoms with Gasteiger partial charge in [0.1, 0.15) is 30.0 Å². The quantitative estimate of drug-likeness (QED) is 0.140. The monoisotopic (exact) mass is 708 g/mol. The van der Waals surface area contributed by atoms with Gasteiger partial charge in [0.2, 0.25) is 5.78 Å². The van der Waals surface area contributed by atoms with Crippen LogP contribution < -0.4 is 14.8 Å². The maximum atomic E-state index is 15.5. The Labute approximate surface area is 282 Å². The summed E-state index contributed by atoms with van der Waals surface area (Å²) in [6.07, 6.45) is 1.58. The molecule has 0 bridgehead atoms. The first-order valence-corrected chi connectivity index (χ1v) is 16.8. The third-order valence-electron chi connectivity index (χ3n) is 8.21. The molecule has 2 aromatic heterocycles. The molecular formula is C32H36ClF3N6O5S. The Morgan fingerprint density at radius 3 is 2.52 bits per heavy atom. The Morgan fingerprint density at radius 2 is 1.79 bits per heavy atom. The first-order chi connectivity index (χ1) is 22.7. The molecule has 2 fully saturated rings. The average molecular weight is 709 g/mol. The van der Waals surface area contributed by atoms with Crippen molar-refractivity contribution in [3.63, 3.8) is 0 Å². The second-order valence-electron chi connectivity index (χ2n) is 11.4. The predicted octanol–water partition coefficient (Wildman–Crippen LogP) is 4.16.